The maximum absolute atomic E-state index is 12.4. The van der Waals surface area contributed by atoms with Gasteiger partial charge in [-0.05, 0) is 49.6 Å². The van der Waals surface area contributed by atoms with Crippen LogP contribution in [0.4, 0.5) is 11.4 Å². The van der Waals surface area contributed by atoms with Crippen LogP contribution in [0.3, 0.4) is 0 Å². The zero-order valence-electron chi connectivity index (χ0n) is 16.5. The van der Waals surface area contributed by atoms with Gasteiger partial charge in [-0.15, -0.1) is 10.2 Å². The Morgan fingerprint density at radius 2 is 1.76 bits per heavy atom. The van der Waals surface area contributed by atoms with Crippen molar-refractivity contribution in [1.82, 2.24) is 14.8 Å². The minimum absolute atomic E-state index is 0.0455. The first kappa shape index (κ1) is 19.5. The van der Waals surface area contributed by atoms with Crippen molar-refractivity contribution in [2.24, 2.45) is 0 Å². The first-order valence-electron chi connectivity index (χ1n) is 9.90. The summed E-state index contributed by atoms with van der Waals surface area (Å²) in [5.41, 5.74) is 3.22. The van der Waals surface area contributed by atoms with E-state index in [0.29, 0.717) is 12.3 Å². The molecular weight excluding hydrogens is 382 g/mol. The number of aryl methyl sites for hydroxylation is 1. The zero-order valence-corrected chi connectivity index (χ0v) is 17.4. The normalized spacial score (nSPS) is 13.6. The van der Waals surface area contributed by atoms with Crippen molar-refractivity contribution in [3.8, 4) is 0 Å². The van der Waals surface area contributed by atoms with Gasteiger partial charge in [-0.3, -0.25) is 4.79 Å². The first-order chi connectivity index (χ1) is 14.2. The number of rotatable bonds is 7. The number of carbonyl (C=O) groups excluding carboxylic acids is 1. The SMILES string of the molecule is Cc1nnc(SCC(=O)Nc2ccc(N3CCCC3)cc2)n1Cc1ccccc1. The van der Waals surface area contributed by atoms with E-state index < -0.39 is 0 Å². The molecule has 6 nitrogen and oxygen atoms in total. The highest BCUT2D eigenvalue weighted by atomic mass is 32.2. The van der Waals surface area contributed by atoms with Crippen LogP contribution in [0.5, 0.6) is 0 Å². The van der Waals surface area contributed by atoms with E-state index in [-0.39, 0.29) is 5.91 Å². The van der Waals surface area contributed by atoms with Crippen molar-refractivity contribution >= 4 is 29.0 Å². The van der Waals surface area contributed by atoms with Crippen LogP contribution >= 0.6 is 11.8 Å². The lowest BCUT2D eigenvalue weighted by atomic mass is 10.2. The average molecular weight is 408 g/mol. The van der Waals surface area contributed by atoms with Crippen molar-refractivity contribution in [1.29, 1.82) is 0 Å². The lowest BCUT2D eigenvalue weighted by Gasteiger charge is -2.17. The minimum Gasteiger partial charge on any atom is -0.372 e. The molecule has 1 saturated heterocycles. The van der Waals surface area contributed by atoms with Crippen molar-refractivity contribution < 1.29 is 4.79 Å². The number of nitrogens with zero attached hydrogens (tertiary/aromatic N) is 4. The summed E-state index contributed by atoms with van der Waals surface area (Å²) >= 11 is 1.41. The van der Waals surface area contributed by atoms with Crippen LogP contribution in [0.15, 0.2) is 59.8 Å². The molecule has 0 saturated carbocycles. The Balaban J connectivity index is 1.33. The molecule has 2 aromatic carbocycles. The van der Waals surface area contributed by atoms with Crippen molar-refractivity contribution in [3.63, 3.8) is 0 Å². The van der Waals surface area contributed by atoms with E-state index in [1.165, 1.54) is 35.9 Å². The van der Waals surface area contributed by atoms with E-state index in [0.717, 1.165) is 29.8 Å². The van der Waals surface area contributed by atoms with Crippen molar-refractivity contribution in [2.45, 2.75) is 31.5 Å². The summed E-state index contributed by atoms with van der Waals surface area (Å²) < 4.78 is 2.04. The molecule has 1 fully saturated rings. The van der Waals surface area contributed by atoms with Gasteiger partial charge >= 0.3 is 0 Å². The number of hydrogen-bond acceptors (Lipinski definition) is 5. The maximum Gasteiger partial charge on any atom is 0.234 e. The third-order valence-corrected chi connectivity index (χ3v) is 6.01. The summed E-state index contributed by atoms with van der Waals surface area (Å²) in [7, 11) is 0. The molecule has 1 aliphatic heterocycles. The van der Waals surface area contributed by atoms with Gasteiger partial charge in [0.1, 0.15) is 5.82 Å². The summed E-state index contributed by atoms with van der Waals surface area (Å²) in [5, 5.41) is 12.1. The molecule has 0 unspecified atom stereocenters. The van der Waals surface area contributed by atoms with Gasteiger partial charge in [0.2, 0.25) is 5.91 Å². The highest BCUT2D eigenvalue weighted by Crippen LogP contribution is 2.23. The smallest absolute Gasteiger partial charge is 0.234 e. The van der Waals surface area contributed by atoms with Gasteiger partial charge in [-0.2, -0.15) is 0 Å². The number of benzene rings is 2. The fourth-order valence-corrected chi connectivity index (χ4v) is 4.26. The molecule has 7 heteroatoms. The van der Waals surface area contributed by atoms with Crippen molar-refractivity contribution in [3.05, 3.63) is 66.0 Å². The van der Waals surface area contributed by atoms with E-state index >= 15 is 0 Å². The van der Waals surface area contributed by atoms with E-state index in [2.05, 4.69) is 44.7 Å². The molecule has 4 rings (SSSR count). The molecule has 0 spiro atoms. The number of nitrogens with one attached hydrogen (secondary N) is 1. The predicted octanol–water partition coefficient (Wildman–Crippen LogP) is 3.97. The molecule has 0 bridgehead atoms. The molecule has 0 atom stereocenters. The molecule has 0 radical (unpaired) electrons. The number of aromatic nitrogens is 3. The van der Waals surface area contributed by atoms with Crippen LogP contribution in [0.1, 0.15) is 24.2 Å². The van der Waals surface area contributed by atoms with Crippen LogP contribution < -0.4 is 10.2 Å². The summed E-state index contributed by atoms with van der Waals surface area (Å²) in [6, 6.07) is 18.3. The molecule has 29 heavy (non-hydrogen) atoms. The Bertz CT molecular complexity index is 949. The molecule has 1 aliphatic rings. The topological polar surface area (TPSA) is 63.1 Å². The van der Waals surface area contributed by atoms with Crippen LogP contribution in [0, 0.1) is 6.92 Å². The van der Waals surface area contributed by atoms with Crippen LogP contribution in [0.2, 0.25) is 0 Å². The fraction of sp³-hybridized carbons (Fsp3) is 0.318. The Labute approximate surface area is 175 Å². The second-order valence-corrected chi connectivity index (χ2v) is 8.12. The molecule has 150 valence electrons. The van der Waals surface area contributed by atoms with E-state index in [1.807, 2.05) is 41.8 Å². The summed E-state index contributed by atoms with van der Waals surface area (Å²) in [4.78, 5) is 14.8. The third kappa shape index (κ3) is 4.98. The van der Waals surface area contributed by atoms with Crippen LogP contribution in [-0.4, -0.2) is 39.5 Å². The standard InChI is InChI=1S/C22H25N5OS/c1-17-24-25-22(27(17)15-18-7-3-2-4-8-18)29-16-21(28)23-19-9-11-20(12-10-19)26-13-5-6-14-26/h2-4,7-12H,5-6,13-16H2,1H3,(H,23,28). The Kier molecular flexibility index (Phi) is 6.14. The summed E-state index contributed by atoms with van der Waals surface area (Å²) in [5.74, 6) is 1.09. The van der Waals surface area contributed by atoms with Gasteiger partial charge in [-0.1, -0.05) is 42.1 Å². The lowest BCUT2D eigenvalue weighted by Crippen LogP contribution is -2.18. The predicted molar refractivity (Wildman–Crippen MR) is 118 cm³/mol. The summed E-state index contributed by atoms with van der Waals surface area (Å²) in [6.45, 7) is 4.86. The largest absolute Gasteiger partial charge is 0.372 e. The van der Waals surface area contributed by atoms with Crippen LogP contribution in [-0.2, 0) is 11.3 Å². The fourth-order valence-electron chi connectivity index (χ4n) is 3.47. The monoisotopic (exact) mass is 407 g/mol. The second-order valence-electron chi connectivity index (χ2n) is 7.18. The Hall–Kier alpha value is -2.80. The Morgan fingerprint density at radius 3 is 2.48 bits per heavy atom. The molecule has 3 aromatic rings. The highest BCUT2D eigenvalue weighted by Gasteiger charge is 2.14. The molecule has 2 heterocycles. The third-order valence-electron chi connectivity index (χ3n) is 5.04. The molecular formula is C22H25N5OS. The van der Waals surface area contributed by atoms with Gasteiger partial charge in [0.25, 0.3) is 0 Å². The summed E-state index contributed by atoms with van der Waals surface area (Å²) in [6.07, 6.45) is 2.51. The zero-order chi connectivity index (χ0) is 20.1. The first-order valence-corrected chi connectivity index (χ1v) is 10.9. The number of hydrogen-bond donors (Lipinski definition) is 1. The van der Waals surface area contributed by atoms with Gasteiger partial charge < -0.3 is 14.8 Å². The van der Waals surface area contributed by atoms with Gasteiger partial charge in [0.15, 0.2) is 5.16 Å². The molecule has 1 amide bonds. The van der Waals surface area contributed by atoms with Gasteiger partial charge in [-0.25, -0.2) is 0 Å². The van der Waals surface area contributed by atoms with Crippen molar-refractivity contribution in [2.75, 3.05) is 29.1 Å². The quantitative estimate of drug-likeness (QED) is 0.601. The molecule has 1 aromatic heterocycles. The Morgan fingerprint density at radius 1 is 1.03 bits per heavy atom. The number of thioether (sulfide) groups is 1. The number of carbonyl (C=O) groups is 1. The molecule has 0 aliphatic carbocycles. The van der Waals surface area contributed by atoms with Crippen LogP contribution in [0.25, 0.3) is 0 Å². The highest BCUT2D eigenvalue weighted by molar-refractivity contribution is 7.99. The van der Waals surface area contributed by atoms with E-state index in [1.54, 1.807) is 0 Å². The maximum atomic E-state index is 12.4. The molecule has 1 N–H and O–H groups in total. The van der Waals surface area contributed by atoms with E-state index in [9.17, 15) is 4.79 Å². The number of anilines is 2. The second kappa shape index (κ2) is 9.13. The minimum atomic E-state index is -0.0455. The van der Waals surface area contributed by atoms with Gasteiger partial charge in [0.05, 0.1) is 12.3 Å². The average Bonchev–Trinajstić information content (AvgIpc) is 3.39. The lowest BCUT2D eigenvalue weighted by molar-refractivity contribution is -0.113. The number of amides is 1. The van der Waals surface area contributed by atoms with E-state index in [4.69, 9.17) is 0 Å². The van der Waals surface area contributed by atoms with Gasteiger partial charge in [0, 0.05) is 24.5 Å².